The number of methoxy groups -OCH3 is 1. The van der Waals surface area contributed by atoms with E-state index in [0.717, 1.165) is 6.92 Å². The predicted molar refractivity (Wildman–Crippen MR) is 144 cm³/mol. The van der Waals surface area contributed by atoms with E-state index in [0.29, 0.717) is 28.3 Å². The summed E-state index contributed by atoms with van der Waals surface area (Å²) in [6, 6.07) is 12.6. The van der Waals surface area contributed by atoms with Crippen LogP contribution in [-0.2, 0) is 4.79 Å². The van der Waals surface area contributed by atoms with E-state index in [1.54, 1.807) is 48.5 Å². The number of alkyl halides is 1. The fraction of sp³-hybridized carbons (Fsp3) is 0.208. The summed E-state index contributed by atoms with van der Waals surface area (Å²) in [6.07, 6.45) is 3.07. The summed E-state index contributed by atoms with van der Waals surface area (Å²) in [5.74, 6) is 0.180. The quantitative estimate of drug-likeness (QED) is 0.0849. The summed E-state index contributed by atoms with van der Waals surface area (Å²) in [4.78, 5) is 28.3. The highest BCUT2D eigenvalue weighted by molar-refractivity contribution is 5.95. The summed E-state index contributed by atoms with van der Waals surface area (Å²) in [5.41, 5.74) is 12.8. The van der Waals surface area contributed by atoms with Gasteiger partial charge in [0, 0.05) is 36.6 Å². The molecule has 3 aromatic rings. The Kier molecular flexibility index (Phi) is 12.0. The molecule has 1 unspecified atom stereocenters. The highest BCUT2D eigenvalue weighted by atomic mass is 19.1. The van der Waals surface area contributed by atoms with Gasteiger partial charge in [-0.2, -0.15) is 0 Å². The van der Waals surface area contributed by atoms with Crippen LogP contribution in [0.4, 0.5) is 16.0 Å². The second-order valence-electron chi connectivity index (χ2n) is 7.46. The van der Waals surface area contributed by atoms with Gasteiger partial charge in [0.25, 0.3) is 5.97 Å². The lowest BCUT2D eigenvalue weighted by Gasteiger charge is -2.23. The van der Waals surface area contributed by atoms with E-state index < -0.39 is 18.7 Å². The first-order chi connectivity index (χ1) is 18.8. The second kappa shape index (κ2) is 15.7. The molecule has 0 fully saturated rings. The zero-order valence-electron chi connectivity index (χ0n) is 21.1. The van der Waals surface area contributed by atoms with Gasteiger partial charge >= 0.3 is 0 Å². The normalized spacial score (nSPS) is 11.2. The number of carboxylic acids is 1. The molecule has 0 aliphatic heterocycles. The number of nitroso groups, excluding NO2 is 1. The summed E-state index contributed by atoms with van der Waals surface area (Å²) in [7, 11) is 1.48. The third-order valence-corrected chi connectivity index (χ3v) is 4.61. The number of anilines is 2. The number of nitrogens with two attached hydrogens (primary N) is 1. The average molecular weight is 542 g/mol. The van der Waals surface area contributed by atoms with Gasteiger partial charge < -0.3 is 25.6 Å². The number of hydrogen-bond acceptors (Lipinski definition) is 10. The number of nitrogen functional groups attached to an aromatic ring is 1. The molecule has 14 nitrogen and oxygen atoms in total. The number of benzene rings is 2. The highest BCUT2D eigenvalue weighted by Crippen LogP contribution is 2.29. The van der Waals surface area contributed by atoms with E-state index in [-0.39, 0.29) is 24.2 Å². The molecule has 0 aliphatic rings. The summed E-state index contributed by atoms with van der Waals surface area (Å²) >= 11 is 0. The molecular formula is C24H28FN9O5. The van der Waals surface area contributed by atoms with Crippen LogP contribution < -0.4 is 31.4 Å². The Bertz CT molecular complexity index is 1260. The molecule has 0 amide bonds. The van der Waals surface area contributed by atoms with Gasteiger partial charge in [0.15, 0.2) is 5.84 Å². The molecule has 206 valence electrons. The van der Waals surface area contributed by atoms with Crippen LogP contribution in [0.15, 0.2) is 71.3 Å². The number of ether oxygens (including phenoxy) is 2. The molecule has 2 aromatic carbocycles. The van der Waals surface area contributed by atoms with Gasteiger partial charge in [-0.05, 0) is 48.0 Å². The number of aromatic nitrogens is 2. The van der Waals surface area contributed by atoms with E-state index in [2.05, 4.69) is 36.5 Å². The maximum atomic E-state index is 12.7. The van der Waals surface area contributed by atoms with Crippen LogP contribution >= 0.6 is 0 Å². The number of halogens is 1. The zero-order valence-corrected chi connectivity index (χ0v) is 21.1. The Morgan fingerprint density at radius 3 is 2.38 bits per heavy atom. The molecule has 0 radical (unpaired) electrons. The molecule has 39 heavy (non-hydrogen) atoms. The molecule has 0 spiro atoms. The minimum Gasteiger partial charge on any atom is -0.497 e. The van der Waals surface area contributed by atoms with E-state index in [9.17, 15) is 9.30 Å². The topological polar surface area (TPSA) is 209 Å². The molecule has 0 aliphatic carbocycles. The van der Waals surface area contributed by atoms with Crippen molar-refractivity contribution >= 4 is 29.3 Å². The van der Waals surface area contributed by atoms with Gasteiger partial charge in [-0.15, -0.1) is 4.91 Å². The number of rotatable bonds is 12. The van der Waals surface area contributed by atoms with E-state index in [4.69, 9.17) is 30.5 Å². The molecule has 0 saturated heterocycles. The highest BCUT2D eigenvalue weighted by Gasteiger charge is 2.22. The third kappa shape index (κ3) is 10.3. The van der Waals surface area contributed by atoms with Gasteiger partial charge in [0.05, 0.1) is 12.4 Å². The van der Waals surface area contributed by atoms with Crippen LogP contribution in [0.2, 0.25) is 0 Å². The Morgan fingerprint density at radius 1 is 1.18 bits per heavy atom. The molecule has 0 saturated carbocycles. The predicted octanol–water partition coefficient (Wildman–Crippen LogP) is 3.06. The van der Waals surface area contributed by atoms with Crippen molar-refractivity contribution in [1.82, 2.24) is 15.4 Å². The summed E-state index contributed by atoms with van der Waals surface area (Å²) in [6.45, 7) is 0.278. The molecule has 0 bridgehead atoms. The van der Waals surface area contributed by atoms with Crippen LogP contribution in [0.1, 0.15) is 24.1 Å². The first-order valence-electron chi connectivity index (χ1n) is 11.2. The van der Waals surface area contributed by atoms with Crippen molar-refractivity contribution in [3.05, 3.63) is 77.0 Å². The van der Waals surface area contributed by atoms with Crippen molar-refractivity contribution in [3.63, 3.8) is 0 Å². The van der Waals surface area contributed by atoms with Crippen molar-refractivity contribution in [2.45, 2.75) is 13.0 Å². The van der Waals surface area contributed by atoms with Crippen molar-refractivity contribution in [2.75, 3.05) is 31.1 Å². The van der Waals surface area contributed by atoms with Crippen LogP contribution in [0.25, 0.3) is 0 Å². The largest absolute Gasteiger partial charge is 0.497 e. The number of hydrazine groups is 1. The van der Waals surface area contributed by atoms with Gasteiger partial charge in [0.1, 0.15) is 36.7 Å². The molecule has 1 atom stereocenters. The summed E-state index contributed by atoms with van der Waals surface area (Å²) in [5, 5.41) is 24.6. The van der Waals surface area contributed by atoms with Crippen molar-refractivity contribution in [1.29, 1.82) is 5.41 Å². The number of carboxylic acid groups (broad SMARTS) is 1. The number of carbonyl (C=O) groups is 1. The Balaban J connectivity index is 0.00000124. The van der Waals surface area contributed by atoms with Crippen LogP contribution in [-0.4, -0.2) is 53.1 Å². The van der Waals surface area contributed by atoms with E-state index in [1.165, 1.54) is 19.5 Å². The number of nitrogens with zero attached hydrogens (tertiary/aromatic N) is 4. The van der Waals surface area contributed by atoms with Gasteiger partial charge in [0.2, 0.25) is 5.95 Å². The lowest BCUT2D eigenvalue weighted by atomic mass is 10.0. The molecule has 7 N–H and O–H groups in total. The van der Waals surface area contributed by atoms with Crippen molar-refractivity contribution in [3.8, 4) is 11.5 Å². The van der Waals surface area contributed by atoms with Crippen LogP contribution in [0, 0.1) is 10.3 Å². The third-order valence-electron chi connectivity index (χ3n) is 4.61. The number of amidine groups is 2. The Morgan fingerprint density at radius 2 is 1.82 bits per heavy atom. The lowest BCUT2D eigenvalue weighted by molar-refractivity contribution is -0.134. The molecule has 1 aromatic heterocycles. The zero-order chi connectivity index (χ0) is 28.6. The average Bonchev–Trinajstić information content (AvgIpc) is 2.93. The minimum atomic E-state index is -0.833. The minimum absolute atomic E-state index is 0.0628. The molecule has 15 heteroatoms. The van der Waals surface area contributed by atoms with Gasteiger partial charge in [-0.25, -0.2) is 14.4 Å². The smallest absolute Gasteiger partial charge is 0.300 e. The molecule has 1 heterocycles. The van der Waals surface area contributed by atoms with Crippen molar-refractivity contribution in [2.24, 2.45) is 16.1 Å². The first-order valence-corrected chi connectivity index (χ1v) is 11.2. The van der Waals surface area contributed by atoms with E-state index in [1.807, 2.05) is 0 Å². The maximum Gasteiger partial charge on any atom is 0.300 e. The second-order valence-corrected chi connectivity index (χ2v) is 7.46. The van der Waals surface area contributed by atoms with Gasteiger partial charge in [-0.3, -0.25) is 21.1 Å². The monoisotopic (exact) mass is 541 g/mol. The Hall–Kier alpha value is -5.34. The summed E-state index contributed by atoms with van der Waals surface area (Å²) < 4.78 is 23.5. The van der Waals surface area contributed by atoms with Crippen LogP contribution in [0.5, 0.6) is 11.5 Å². The molecule has 3 rings (SSSR count). The van der Waals surface area contributed by atoms with Gasteiger partial charge in [-0.1, -0.05) is 5.10 Å². The number of hydrogen-bond donors (Lipinski definition) is 6. The number of aliphatic carboxylic acids is 1. The first kappa shape index (κ1) is 29.9. The lowest BCUT2D eigenvalue weighted by Crippen LogP contribution is -2.37. The fourth-order valence-corrected chi connectivity index (χ4v) is 3.02. The SMILES string of the molecule is CC(=O)O.COc1cc(OCCF)cc(C(Nc2ccc(C(=N)N)cc2)/C(=N/N=O)NNc2ncccn2)c1. The fourth-order valence-electron chi connectivity index (χ4n) is 3.02. The molecular weight excluding hydrogens is 513 g/mol. The standard InChI is InChI=1S/C22H24FN9O3.C2H4O2/c1-34-17-11-15(12-18(13-17)35-10-7-23)19(28-16-5-3-14(4-6-16)20(24)25)21(30-32-33)29-31-22-26-8-2-9-27-22;1-2(3)4/h2-6,8-9,11-13,19,28H,7,10H2,1H3,(H3,24,25)(H,26,27,31)(H,29,30,33);1H3,(H,3,4). The number of nitrogens with one attached hydrogen (secondary N) is 4. The van der Waals surface area contributed by atoms with Crippen molar-refractivity contribution < 1.29 is 23.8 Å². The Labute approximate surface area is 222 Å². The maximum absolute atomic E-state index is 12.7. The van der Waals surface area contributed by atoms with E-state index >= 15 is 0 Å². The van der Waals surface area contributed by atoms with Crippen LogP contribution in [0.3, 0.4) is 0 Å².